The van der Waals surface area contributed by atoms with Crippen molar-refractivity contribution in [3.05, 3.63) is 63.8 Å². The Balaban J connectivity index is 2.00. The van der Waals surface area contributed by atoms with Crippen molar-refractivity contribution in [2.24, 2.45) is 0 Å². The van der Waals surface area contributed by atoms with Gasteiger partial charge in [0.2, 0.25) is 0 Å². The molecule has 0 bridgehead atoms. The second-order valence-corrected chi connectivity index (χ2v) is 7.89. The highest BCUT2D eigenvalue weighted by Crippen LogP contribution is 2.31. The van der Waals surface area contributed by atoms with Gasteiger partial charge in [0.1, 0.15) is 11.4 Å². The molecule has 1 aliphatic heterocycles. The monoisotopic (exact) mass is 394 g/mol. The molecule has 1 heterocycles. The number of ether oxygens (including phenoxy) is 1. The lowest BCUT2D eigenvalue weighted by molar-refractivity contribution is -0.113. The average Bonchev–Trinajstić information content (AvgIpc) is 2.92. The molecular weight excluding hydrogens is 368 g/mol. The predicted molar refractivity (Wildman–Crippen MR) is 119 cm³/mol. The quantitative estimate of drug-likeness (QED) is 0.585. The Morgan fingerprint density at radius 3 is 2.39 bits per heavy atom. The topological polar surface area (TPSA) is 41.6 Å². The number of hydrogen-bond donors (Lipinski definition) is 1. The lowest BCUT2D eigenvalue weighted by atomic mass is 9.96. The van der Waals surface area contributed by atoms with Crippen molar-refractivity contribution in [1.29, 1.82) is 0 Å². The molecule has 1 fully saturated rings. The van der Waals surface area contributed by atoms with Crippen molar-refractivity contribution >= 4 is 35.0 Å². The second kappa shape index (κ2) is 7.76. The number of nitrogens with zero attached hydrogens (tertiary/aromatic N) is 1. The van der Waals surface area contributed by atoms with Crippen LogP contribution in [0.25, 0.3) is 6.08 Å². The van der Waals surface area contributed by atoms with E-state index in [1.807, 2.05) is 51.1 Å². The van der Waals surface area contributed by atoms with Gasteiger partial charge in [0.15, 0.2) is 5.11 Å². The zero-order valence-electron chi connectivity index (χ0n) is 17.2. The fourth-order valence-corrected chi connectivity index (χ4v) is 3.59. The van der Waals surface area contributed by atoms with E-state index in [1.165, 1.54) is 5.56 Å². The van der Waals surface area contributed by atoms with Crippen molar-refractivity contribution in [3.63, 3.8) is 0 Å². The highest BCUT2D eigenvalue weighted by Gasteiger charge is 2.32. The van der Waals surface area contributed by atoms with E-state index in [0.717, 1.165) is 33.7 Å². The molecule has 0 saturated carbocycles. The van der Waals surface area contributed by atoms with Crippen LogP contribution in [0, 0.1) is 20.8 Å². The molecule has 5 heteroatoms. The molecular formula is C23H26N2O2S. The van der Waals surface area contributed by atoms with E-state index in [0.29, 0.717) is 16.7 Å². The fraction of sp³-hybridized carbons (Fsp3) is 0.304. The minimum atomic E-state index is -0.144. The summed E-state index contributed by atoms with van der Waals surface area (Å²) in [6, 6.07) is 10.0. The molecule has 0 aromatic heterocycles. The Labute approximate surface area is 172 Å². The van der Waals surface area contributed by atoms with Gasteiger partial charge in [-0.1, -0.05) is 19.9 Å². The molecule has 28 heavy (non-hydrogen) atoms. The van der Waals surface area contributed by atoms with Crippen LogP contribution in [0.5, 0.6) is 5.75 Å². The molecule has 0 atom stereocenters. The SMILES string of the molecule is COc1cc(C)c(/C=C2/NC(=S)N(c3ccc(C)c(C)c3)C2=O)cc1C(C)C. The summed E-state index contributed by atoms with van der Waals surface area (Å²) >= 11 is 5.44. The Morgan fingerprint density at radius 1 is 1.07 bits per heavy atom. The van der Waals surface area contributed by atoms with E-state index in [-0.39, 0.29) is 5.91 Å². The Bertz CT molecular complexity index is 992. The first-order chi connectivity index (χ1) is 13.2. The number of benzene rings is 2. The molecule has 1 N–H and O–H groups in total. The molecule has 2 aromatic carbocycles. The number of methoxy groups -OCH3 is 1. The number of carbonyl (C=O) groups is 1. The van der Waals surface area contributed by atoms with Gasteiger partial charge in [0, 0.05) is 0 Å². The molecule has 4 nitrogen and oxygen atoms in total. The summed E-state index contributed by atoms with van der Waals surface area (Å²) in [7, 11) is 1.68. The molecule has 3 rings (SSSR count). The first kappa shape index (κ1) is 20.1. The molecule has 1 amide bonds. The van der Waals surface area contributed by atoms with Gasteiger partial charge in [-0.25, -0.2) is 0 Å². The minimum Gasteiger partial charge on any atom is -0.496 e. The summed E-state index contributed by atoms with van der Waals surface area (Å²) in [6.45, 7) is 10.3. The summed E-state index contributed by atoms with van der Waals surface area (Å²) in [6.07, 6.45) is 1.87. The van der Waals surface area contributed by atoms with Crippen LogP contribution >= 0.6 is 12.2 Å². The van der Waals surface area contributed by atoms with Crippen LogP contribution in [0.4, 0.5) is 5.69 Å². The number of thiocarbonyl (C=S) groups is 1. The first-order valence-corrected chi connectivity index (χ1v) is 9.76. The molecule has 0 unspecified atom stereocenters. The number of hydrogen-bond acceptors (Lipinski definition) is 3. The number of rotatable bonds is 4. The average molecular weight is 395 g/mol. The fourth-order valence-electron chi connectivity index (χ4n) is 3.29. The van der Waals surface area contributed by atoms with Crippen molar-refractivity contribution in [1.82, 2.24) is 5.32 Å². The van der Waals surface area contributed by atoms with Gasteiger partial charge >= 0.3 is 0 Å². The first-order valence-electron chi connectivity index (χ1n) is 9.35. The number of anilines is 1. The van der Waals surface area contributed by atoms with Gasteiger partial charge in [0.25, 0.3) is 5.91 Å². The van der Waals surface area contributed by atoms with Gasteiger partial charge < -0.3 is 10.1 Å². The van der Waals surface area contributed by atoms with Crippen molar-refractivity contribution in [3.8, 4) is 5.75 Å². The Kier molecular flexibility index (Phi) is 5.57. The standard InChI is InChI=1S/C23H26N2O2S/c1-13(2)19-11-17(16(5)10-21(19)27-6)12-20-22(26)25(23(28)24-20)18-8-7-14(3)15(4)9-18/h7-13H,1-6H3,(H,24,28)/b20-12+. The van der Waals surface area contributed by atoms with E-state index in [2.05, 4.69) is 25.2 Å². The molecule has 1 saturated heterocycles. The lowest BCUT2D eigenvalue weighted by Gasteiger charge is -2.15. The van der Waals surface area contributed by atoms with Crippen LogP contribution in [-0.2, 0) is 4.79 Å². The van der Waals surface area contributed by atoms with Crippen LogP contribution in [0.15, 0.2) is 36.0 Å². The van der Waals surface area contributed by atoms with Crippen LogP contribution in [0.1, 0.15) is 47.6 Å². The van der Waals surface area contributed by atoms with E-state index in [4.69, 9.17) is 17.0 Å². The molecule has 0 aliphatic carbocycles. The van der Waals surface area contributed by atoms with E-state index in [1.54, 1.807) is 12.0 Å². The van der Waals surface area contributed by atoms with Crippen LogP contribution in [-0.4, -0.2) is 18.1 Å². The zero-order valence-corrected chi connectivity index (χ0v) is 18.0. The van der Waals surface area contributed by atoms with Crippen LogP contribution < -0.4 is 15.0 Å². The second-order valence-electron chi connectivity index (χ2n) is 7.50. The highest BCUT2D eigenvalue weighted by molar-refractivity contribution is 7.80. The number of amides is 1. The van der Waals surface area contributed by atoms with E-state index >= 15 is 0 Å². The summed E-state index contributed by atoms with van der Waals surface area (Å²) in [5.41, 5.74) is 6.69. The van der Waals surface area contributed by atoms with Gasteiger partial charge in [-0.15, -0.1) is 0 Å². The normalized spacial score (nSPS) is 15.5. The molecule has 2 aromatic rings. The third-order valence-corrected chi connectivity index (χ3v) is 5.45. The summed E-state index contributed by atoms with van der Waals surface area (Å²) in [5.74, 6) is 1.04. The summed E-state index contributed by atoms with van der Waals surface area (Å²) in [4.78, 5) is 14.6. The molecule has 146 valence electrons. The van der Waals surface area contributed by atoms with Crippen molar-refractivity contribution in [2.75, 3.05) is 12.0 Å². The van der Waals surface area contributed by atoms with Crippen LogP contribution in [0.3, 0.4) is 0 Å². The predicted octanol–water partition coefficient (Wildman–Crippen LogP) is 5.01. The van der Waals surface area contributed by atoms with Crippen LogP contribution in [0.2, 0.25) is 0 Å². The lowest BCUT2D eigenvalue weighted by Crippen LogP contribution is -2.30. The zero-order chi connectivity index (χ0) is 20.6. The maximum atomic E-state index is 13.1. The maximum Gasteiger partial charge on any atom is 0.281 e. The largest absolute Gasteiger partial charge is 0.496 e. The Hall–Kier alpha value is -2.66. The van der Waals surface area contributed by atoms with Gasteiger partial charge in [-0.2, -0.15) is 0 Å². The Morgan fingerprint density at radius 2 is 1.79 bits per heavy atom. The van der Waals surface area contributed by atoms with Crippen molar-refractivity contribution < 1.29 is 9.53 Å². The van der Waals surface area contributed by atoms with Gasteiger partial charge in [0.05, 0.1) is 12.8 Å². The van der Waals surface area contributed by atoms with E-state index < -0.39 is 0 Å². The van der Waals surface area contributed by atoms with Gasteiger partial charge in [-0.05, 0) is 97.1 Å². The maximum absolute atomic E-state index is 13.1. The van der Waals surface area contributed by atoms with Crippen molar-refractivity contribution in [2.45, 2.75) is 40.5 Å². The molecule has 1 aliphatic rings. The summed E-state index contributed by atoms with van der Waals surface area (Å²) < 4.78 is 5.51. The third kappa shape index (κ3) is 3.67. The highest BCUT2D eigenvalue weighted by atomic mass is 32.1. The molecule has 0 spiro atoms. The summed E-state index contributed by atoms with van der Waals surface area (Å²) in [5, 5.41) is 3.47. The number of carbonyl (C=O) groups excluding carboxylic acids is 1. The molecule has 0 radical (unpaired) electrons. The van der Waals surface area contributed by atoms with E-state index in [9.17, 15) is 4.79 Å². The minimum absolute atomic E-state index is 0.144. The van der Waals surface area contributed by atoms with Gasteiger partial charge in [-0.3, -0.25) is 9.69 Å². The third-order valence-electron chi connectivity index (χ3n) is 5.17. The number of aryl methyl sites for hydroxylation is 3. The smallest absolute Gasteiger partial charge is 0.281 e. The number of nitrogens with one attached hydrogen (secondary N) is 1.